The number of benzene rings is 2. The lowest BCUT2D eigenvalue weighted by molar-refractivity contribution is -0.121. The third-order valence-corrected chi connectivity index (χ3v) is 5.06. The molecule has 0 radical (unpaired) electrons. The molecule has 2 N–H and O–H groups in total. The number of hydrogen-bond acceptors (Lipinski definition) is 4. The molecule has 0 aliphatic heterocycles. The molecular weight excluding hydrogens is 432 g/mol. The lowest BCUT2D eigenvalue weighted by Crippen LogP contribution is -2.41. The Morgan fingerprint density at radius 3 is 2.35 bits per heavy atom. The Balaban J connectivity index is 1.42. The average Bonchev–Trinajstić information content (AvgIpc) is 3.20. The Hall–Kier alpha value is -2.83. The minimum atomic E-state index is -0.335. The zero-order chi connectivity index (χ0) is 22.4. The highest BCUT2D eigenvalue weighted by Crippen LogP contribution is 2.25. The largest absolute Gasteiger partial charge is 0.484 e. The van der Waals surface area contributed by atoms with Crippen LogP contribution in [0.1, 0.15) is 32.1 Å². The fourth-order valence-electron chi connectivity index (χ4n) is 2.82. The number of carbonyl (C=O) groups excluding carboxylic acids is 1. The fourth-order valence-corrected chi connectivity index (χ4v) is 3.13. The van der Waals surface area contributed by atoms with Crippen molar-refractivity contribution in [2.75, 3.05) is 6.61 Å². The molecule has 1 aromatic heterocycles. The van der Waals surface area contributed by atoms with E-state index in [0.29, 0.717) is 23.1 Å². The molecule has 1 heterocycles. The average molecular weight is 457 g/mol. The molecule has 3 rings (SSSR count). The number of nitrogens with one attached hydrogen (secondary N) is 2. The maximum Gasteiger partial charge on any atom is 0.264 e. The molecule has 0 unspecified atom stereocenters. The molecule has 0 saturated heterocycles. The van der Waals surface area contributed by atoms with E-state index in [1.807, 2.05) is 60.7 Å². The first-order valence-electron chi connectivity index (χ1n) is 9.86. The highest BCUT2D eigenvalue weighted by atomic mass is 35.5. The molecule has 2 aromatic carbocycles. The molecule has 3 aromatic rings. The quantitative estimate of drug-likeness (QED) is 0.482. The van der Waals surface area contributed by atoms with Crippen LogP contribution in [-0.4, -0.2) is 17.6 Å². The summed E-state index contributed by atoms with van der Waals surface area (Å²) >= 11 is 11.1. The standard InChI is InChI=1S/C24H25ClN2O3S/c1-24(2,3)17-6-10-19(11-7-17)29-15-22(28)27-23(31)26-14-20-12-13-21(30-20)16-4-8-18(25)9-5-16/h4-13H,14-15H2,1-3H3,(H2,26,27,28,31). The van der Waals surface area contributed by atoms with Crippen LogP contribution in [0.3, 0.4) is 0 Å². The smallest absolute Gasteiger partial charge is 0.264 e. The van der Waals surface area contributed by atoms with Gasteiger partial charge in [-0.1, -0.05) is 44.5 Å². The molecule has 0 aliphatic rings. The van der Waals surface area contributed by atoms with Gasteiger partial charge in [0, 0.05) is 10.6 Å². The van der Waals surface area contributed by atoms with E-state index in [0.717, 1.165) is 11.3 Å². The molecule has 31 heavy (non-hydrogen) atoms. The Labute approximate surface area is 192 Å². The van der Waals surface area contributed by atoms with Crippen molar-refractivity contribution in [3.63, 3.8) is 0 Å². The van der Waals surface area contributed by atoms with Gasteiger partial charge in [-0.2, -0.15) is 0 Å². The van der Waals surface area contributed by atoms with Crippen LogP contribution >= 0.6 is 23.8 Å². The van der Waals surface area contributed by atoms with Crippen molar-refractivity contribution in [1.82, 2.24) is 10.6 Å². The second-order valence-electron chi connectivity index (χ2n) is 8.07. The van der Waals surface area contributed by atoms with Crippen LogP contribution in [0.5, 0.6) is 5.75 Å². The Kier molecular flexibility index (Phi) is 7.36. The molecule has 0 bridgehead atoms. The second-order valence-corrected chi connectivity index (χ2v) is 8.91. The zero-order valence-electron chi connectivity index (χ0n) is 17.7. The summed E-state index contributed by atoms with van der Waals surface area (Å²) in [5.74, 6) is 1.72. The summed E-state index contributed by atoms with van der Waals surface area (Å²) in [5, 5.41) is 6.44. The Bertz CT molecular complexity index is 1040. The van der Waals surface area contributed by atoms with Crippen molar-refractivity contribution in [2.45, 2.75) is 32.7 Å². The molecule has 162 valence electrons. The zero-order valence-corrected chi connectivity index (χ0v) is 19.3. The topological polar surface area (TPSA) is 63.5 Å². The van der Waals surface area contributed by atoms with Gasteiger partial charge in [-0.25, -0.2) is 0 Å². The van der Waals surface area contributed by atoms with Crippen molar-refractivity contribution in [2.24, 2.45) is 0 Å². The van der Waals surface area contributed by atoms with E-state index in [1.165, 1.54) is 5.56 Å². The predicted octanol–water partition coefficient (Wildman–Crippen LogP) is 5.47. The highest BCUT2D eigenvalue weighted by Gasteiger charge is 2.13. The van der Waals surface area contributed by atoms with Gasteiger partial charge in [0.15, 0.2) is 11.7 Å². The third kappa shape index (κ3) is 6.84. The van der Waals surface area contributed by atoms with E-state index in [1.54, 1.807) is 0 Å². The summed E-state index contributed by atoms with van der Waals surface area (Å²) in [5.41, 5.74) is 2.20. The molecule has 0 fully saturated rings. The van der Waals surface area contributed by atoms with Crippen molar-refractivity contribution in [3.05, 3.63) is 77.0 Å². The van der Waals surface area contributed by atoms with E-state index < -0.39 is 0 Å². The van der Waals surface area contributed by atoms with Gasteiger partial charge >= 0.3 is 0 Å². The van der Waals surface area contributed by atoms with Crippen molar-refractivity contribution in [3.8, 4) is 17.1 Å². The number of furan rings is 1. The van der Waals surface area contributed by atoms with Crippen molar-refractivity contribution in [1.29, 1.82) is 0 Å². The molecule has 0 spiro atoms. The van der Waals surface area contributed by atoms with Gasteiger partial charge in [0.1, 0.15) is 17.3 Å². The molecule has 0 aliphatic carbocycles. The van der Waals surface area contributed by atoms with Gasteiger partial charge in [0.2, 0.25) is 0 Å². The molecule has 0 atom stereocenters. The summed E-state index contributed by atoms with van der Waals surface area (Å²) in [7, 11) is 0. The lowest BCUT2D eigenvalue weighted by Gasteiger charge is -2.19. The van der Waals surface area contributed by atoms with Gasteiger partial charge in [-0.15, -0.1) is 0 Å². The third-order valence-electron chi connectivity index (χ3n) is 4.56. The van der Waals surface area contributed by atoms with Crippen LogP contribution in [0, 0.1) is 0 Å². The van der Waals surface area contributed by atoms with Crippen molar-refractivity contribution >= 4 is 34.8 Å². The van der Waals surface area contributed by atoms with E-state index in [-0.39, 0.29) is 23.0 Å². The van der Waals surface area contributed by atoms with Gasteiger partial charge < -0.3 is 19.8 Å². The second kappa shape index (κ2) is 9.98. The van der Waals surface area contributed by atoms with Gasteiger partial charge in [-0.3, -0.25) is 4.79 Å². The number of hydrogen-bond donors (Lipinski definition) is 2. The first-order chi connectivity index (χ1) is 14.7. The van der Waals surface area contributed by atoms with Crippen LogP contribution in [0.4, 0.5) is 0 Å². The number of thiocarbonyl (C=S) groups is 1. The van der Waals surface area contributed by atoms with Gasteiger partial charge in [0.25, 0.3) is 5.91 Å². The maximum absolute atomic E-state index is 12.1. The normalized spacial score (nSPS) is 11.1. The highest BCUT2D eigenvalue weighted by molar-refractivity contribution is 7.80. The lowest BCUT2D eigenvalue weighted by atomic mass is 9.87. The Morgan fingerprint density at radius 2 is 1.71 bits per heavy atom. The number of halogens is 1. The van der Waals surface area contributed by atoms with E-state index in [9.17, 15) is 4.79 Å². The molecule has 5 nitrogen and oxygen atoms in total. The van der Waals surface area contributed by atoms with Crippen molar-refractivity contribution < 1.29 is 13.9 Å². The molecule has 1 amide bonds. The number of rotatable bonds is 6. The van der Waals surface area contributed by atoms with Gasteiger partial charge in [0.05, 0.1) is 6.54 Å². The SMILES string of the molecule is CC(C)(C)c1ccc(OCC(=O)NC(=S)NCc2ccc(-c3ccc(Cl)cc3)o2)cc1. The van der Waals surface area contributed by atoms with Crippen LogP contribution < -0.4 is 15.4 Å². The summed E-state index contributed by atoms with van der Waals surface area (Å²) in [6, 6.07) is 18.8. The summed E-state index contributed by atoms with van der Waals surface area (Å²) in [6.45, 7) is 6.66. The van der Waals surface area contributed by atoms with Crippen LogP contribution in [0.25, 0.3) is 11.3 Å². The Morgan fingerprint density at radius 1 is 1.03 bits per heavy atom. The first-order valence-corrected chi connectivity index (χ1v) is 10.6. The fraction of sp³-hybridized carbons (Fsp3) is 0.250. The minimum Gasteiger partial charge on any atom is -0.484 e. The van der Waals surface area contributed by atoms with Crippen LogP contribution in [0.15, 0.2) is 65.1 Å². The van der Waals surface area contributed by atoms with E-state index >= 15 is 0 Å². The van der Waals surface area contributed by atoms with Crippen LogP contribution in [-0.2, 0) is 16.8 Å². The maximum atomic E-state index is 12.1. The monoisotopic (exact) mass is 456 g/mol. The predicted molar refractivity (Wildman–Crippen MR) is 127 cm³/mol. The number of ether oxygens (including phenoxy) is 1. The summed E-state index contributed by atoms with van der Waals surface area (Å²) in [4.78, 5) is 12.1. The van der Waals surface area contributed by atoms with Gasteiger partial charge in [-0.05, 0) is 71.7 Å². The summed E-state index contributed by atoms with van der Waals surface area (Å²) < 4.78 is 11.3. The molecule has 7 heteroatoms. The van der Waals surface area contributed by atoms with E-state index in [2.05, 4.69) is 31.4 Å². The number of amides is 1. The molecule has 0 saturated carbocycles. The first kappa shape index (κ1) is 22.8. The summed E-state index contributed by atoms with van der Waals surface area (Å²) in [6.07, 6.45) is 0. The van der Waals surface area contributed by atoms with Crippen LogP contribution in [0.2, 0.25) is 5.02 Å². The number of carbonyl (C=O) groups is 1. The van der Waals surface area contributed by atoms with E-state index in [4.69, 9.17) is 33.0 Å². The minimum absolute atomic E-state index is 0.0668. The molecular formula is C24H25ClN2O3S.